The van der Waals surface area contributed by atoms with Gasteiger partial charge in [0.25, 0.3) is 0 Å². The van der Waals surface area contributed by atoms with E-state index in [-0.39, 0.29) is 12.3 Å². The lowest BCUT2D eigenvalue weighted by atomic mass is 10.1. The van der Waals surface area contributed by atoms with Crippen molar-refractivity contribution in [2.24, 2.45) is 5.10 Å². The first-order valence-corrected chi connectivity index (χ1v) is 8.19. The standard InChI is InChI=1S/C20H14ClN3O2/c21-16-7-5-14(6-8-16)11-20(25)24-23-13-17-9-10-19(26-17)18-4-2-1-3-15(18)12-22/h1-10,13H,11H2,(H,24,25)/b23-13+. The molecular weight excluding hydrogens is 350 g/mol. The van der Waals surface area contributed by atoms with E-state index in [1.54, 1.807) is 48.5 Å². The van der Waals surface area contributed by atoms with Gasteiger partial charge in [-0.15, -0.1) is 0 Å². The first-order chi connectivity index (χ1) is 12.7. The maximum atomic E-state index is 11.9. The molecule has 5 nitrogen and oxygen atoms in total. The summed E-state index contributed by atoms with van der Waals surface area (Å²) in [6.45, 7) is 0. The topological polar surface area (TPSA) is 78.4 Å². The average molecular weight is 364 g/mol. The highest BCUT2D eigenvalue weighted by Crippen LogP contribution is 2.24. The fourth-order valence-electron chi connectivity index (χ4n) is 2.36. The van der Waals surface area contributed by atoms with Gasteiger partial charge in [-0.05, 0) is 42.0 Å². The lowest BCUT2D eigenvalue weighted by Gasteiger charge is -2.00. The molecule has 1 amide bonds. The molecule has 0 spiro atoms. The van der Waals surface area contributed by atoms with Crippen LogP contribution in [0.4, 0.5) is 0 Å². The highest BCUT2D eigenvalue weighted by atomic mass is 35.5. The SMILES string of the molecule is N#Cc1ccccc1-c1ccc(/C=N/NC(=O)Cc2ccc(Cl)cc2)o1. The van der Waals surface area contributed by atoms with Crippen molar-refractivity contribution in [2.45, 2.75) is 6.42 Å². The van der Waals surface area contributed by atoms with Crippen LogP contribution in [0.1, 0.15) is 16.9 Å². The summed E-state index contributed by atoms with van der Waals surface area (Å²) in [4.78, 5) is 11.9. The van der Waals surface area contributed by atoms with Crippen molar-refractivity contribution in [3.05, 3.63) is 82.6 Å². The number of hydrogen-bond acceptors (Lipinski definition) is 4. The molecule has 0 fully saturated rings. The summed E-state index contributed by atoms with van der Waals surface area (Å²) in [6.07, 6.45) is 1.62. The minimum absolute atomic E-state index is 0.202. The number of carbonyl (C=O) groups is 1. The molecule has 2 aromatic carbocycles. The van der Waals surface area contributed by atoms with Crippen LogP contribution in [-0.2, 0) is 11.2 Å². The van der Waals surface area contributed by atoms with Crippen molar-refractivity contribution < 1.29 is 9.21 Å². The van der Waals surface area contributed by atoms with E-state index in [0.717, 1.165) is 5.56 Å². The summed E-state index contributed by atoms with van der Waals surface area (Å²) in [5, 5.41) is 13.7. The predicted molar refractivity (Wildman–Crippen MR) is 99.8 cm³/mol. The first kappa shape index (κ1) is 17.5. The second kappa shape index (κ2) is 8.15. The minimum Gasteiger partial charge on any atom is -0.455 e. The lowest BCUT2D eigenvalue weighted by Crippen LogP contribution is -2.19. The fourth-order valence-corrected chi connectivity index (χ4v) is 2.48. The van der Waals surface area contributed by atoms with Gasteiger partial charge < -0.3 is 4.42 Å². The zero-order valence-electron chi connectivity index (χ0n) is 13.6. The van der Waals surface area contributed by atoms with Gasteiger partial charge in [-0.3, -0.25) is 4.79 Å². The van der Waals surface area contributed by atoms with Gasteiger partial charge in [-0.2, -0.15) is 10.4 Å². The fraction of sp³-hybridized carbons (Fsp3) is 0.0500. The number of hydrogen-bond donors (Lipinski definition) is 1. The maximum Gasteiger partial charge on any atom is 0.244 e. The third-order valence-electron chi connectivity index (χ3n) is 3.60. The number of hydrazone groups is 1. The Bertz CT molecular complexity index is 985. The molecule has 3 rings (SSSR count). The van der Waals surface area contributed by atoms with Crippen molar-refractivity contribution in [3.8, 4) is 17.4 Å². The van der Waals surface area contributed by atoms with E-state index in [4.69, 9.17) is 21.3 Å². The number of nitrogens with zero attached hydrogens (tertiary/aromatic N) is 2. The normalized spacial score (nSPS) is 10.6. The number of furan rings is 1. The second-order valence-electron chi connectivity index (χ2n) is 5.46. The molecule has 0 saturated heterocycles. The van der Waals surface area contributed by atoms with Crippen molar-refractivity contribution in [2.75, 3.05) is 0 Å². The van der Waals surface area contributed by atoms with Crippen molar-refractivity contribution in [1.82, 2.24) is 5.43 Å². The van der Waals surface area contributed by atoms with Crippen LogP contribution in [0.15, 0.2) is 70.2 Å². The zero-order chi connectivity index (χ0) is 18.4. The number of amides is 1. The number of benzene rings is 2. The number of rotatable bonds is 5. The number of halogens is 1. The Balaban J connectivity index is 1.61. The molecule has 0 aliphatic heterocycles. The summed E-state index contributed by atoms with van der Waals surface area (Å²) < 4.78 is 5.66. The van der Waals surface area contributed by atoms with E-state index in [0.29, 0.717) is 27.7 Å². The van der Waals surface area contributed by atoms with Gasteiger partial charge in [0.15, 0.2) is 0 Å². The Hall–Kier alpha value is -3.36. The van der Waals surface area contributed by atoms with E-state index in [1.165, 1.54) is 6.21 Å². The molecule has 1 aromatic heterocycles. The molecule has 0 unspecified atom stereocenters. The van der Waals surface area contributed by atoms with Crippen LogP contribution in [-0.4, -0.2) is 12.1 Å². The Kier molecular flexibility index (Phi) is 5.47. The van der Waals surface area contributed by atoms with Gasteiger partial charge in [0.1, 0.15) is 11.5 Å². The summed E-state index contributed by atoms with van der Waals surface area (Å²) >= 11 is 5.81. The van der Waals surface area contributed by atoms with Gasteiger partial charge in [0.05, 0.1) is 24.3 Å². The first-order valence-electron chi connectivity index (χ1n) is 7.81. The van der Waals surface area contributed by atoms with E-state index < -0.39 is 0 Å². The number of nitriles is 1. The number of nitrogens with one attached hydrogen (secondary N) is 1. The smallest absolute Gasteiger partial charge is 0.244 e. The van der Waals surface area contributed by atoms with Crippen LogP contribution >= 0.6 is 11.6 Å². The quantitative estimate of drug-likeness (QED) is 0.546. The summed E-state index contributed by atoms with van der Waals surface area (Å²) in [5.74, 6) is 0.792. The van der Waals surface area contributed by atoms with Crippen LogP contribution in [0.25, 0.3) is 11.3 Å². The van der Waals surface area contributed by atoms with Crippen molar-refractivity contribution >= 4 is 23.7 Å². The molecule has 1 heterocycles. The zero-order valence-corrected chi connectivity index (χ0v) is 14.4. The van der Waals surface area contributed by atoms with Gasteiger partial charge in [-0.1, -0.05) is 35.9 Å². The average Bonchev–Trinajstić information content (AvgIpc) is 3.12. The largest absolute Gasteiger partial charge is 0.455 e. The third-order valence-corrected chi connectivity index (χ3v) is 3.85. The molecule has 0 saturated carbocycles. The van der Waals surface area contributed by atoms with E-state index >= 15 is 0 Å². The molecular formula is C20H14ClN3O2. The van der Waals surface area contributed by atoms with Gasteiger partial charge in [-0.25, -0.2) is 5.43 Å². The van der Waals surface area contributed by atoms with Gasteiger partial charge >= 0.3 is 0 Å². The lowest BCUT2D eigenvalue weighted by molar-refractivity contribution is -0.120. The molecule has 0 aliphatic rings. The molecule has 26 heavy (non-hydrogen) atoms. The van der Waals surface area contributed by atoms with E-state index in [1.807, 2.05) is 12.1 Å². The molecule has 0 atom stereocenters. The Morgan fingerprint density at radius 1 is 1.15 bits per heavy atom. The summed E-state index contributed by atoms with van der Waals surface area (Å²) in [7, 11) is 0. The van der Waals surface area contributed by atoms with Crippen molar-refractivity contribution in [3.63, 3.8) is 0 Å². The molecule has 1 N–H and O–H groups in total. The van der Waals surface area contributed by atoms with E-state index in [9.17, 15) is 4.79 Å². The van der Waals surface area contributed by atoms with Crippen LogP contribution in [0.3, 0.4) is 0 Å². The highest BCUT2D eigenvalue weighted by molar-refractivity contribution is 6.30. The van der Waals surface area contributed by atoms with Crippen LogP contribution in [0.5, 0.6) is 0 Å². The molecule has 0 bridgehead atoms. The van der Waals surface area contributed by atoms with Crippen LogP contribution in [0, 0.1) is 11.3 Å². The molecule has 0 aliphatic carbocycles. The highest BCUT2D eigenvalue weighted by Gasteiger charge is 2.08. The van der Waals surface area contributed by atoms with E-state index in [2.05, 4.69) is 16.6 Å². The Labute approximate surface area is 155 Å². The van der Waals surface area contributed by atoms with Crippen LogP contribution in [0.2, 0.25) is 5.02 Å². The minimum atomic E-state index is -0.245. The van der Waals surface area contributed by atoms with Crippen LogP contribution < -0.4 is 5.43 Å². The Morgan fingerprint density at radius 2 is 1.92 bits per heavy atom. The maximum absolute atomic E-state index is 11.9. The van der Waals surface area contributed by atoms with Crippen molar-refractivity contribution in [1.29, 1.82) is 5.26 Å². The monoisotopic (exact) mass is 363 g/mol. The second-order valence-corrected chi connectivity index (χ2v) is 5.89. The molecule has 0 radical (unpaired) electrons. The van der Waals surface area contributed by atoms with Gasteiger partial charge in [0, 0.05) is 10.6 Å². The molecule has 128 valence electrons. The Morgan fingerprint density at radius 3 is 2.69 bits per heavy atom. The number of carbonyl (C=O) groups excluding carboxylic acids is 1. The third kappa shape index (κ3) is 4.38. The summed E-state index contributed by atoms with van der Waals surface area (Å²) in [6, 6.07) is 19.8. The summed E-state index contributed by atoms with van der Waals surface area (Å²) in [5.41, 5.74) is 4.53. The van der Waals surface area contributed by atoms with Gasteiger partial charge in [0.2, 0.25) is 5.91 Å². The molecule has 6 heteroatoms. The predicted octanol–water partition coefficient (Wildman–Crippen LogP) is 4.16. The molecule has 3 aromatic rings.